The average Bonchev–Trinajstić information content (AvgIpc) is 2.55. The third-order valence-electron chi connectivity index (χ3n) is 5.83. The van der Waals surface area contributed by atoms with Gasteiger partial charge in [0.05, 0.1) is 12.6 Å². The van der Waals surface area contributed by atoms with E-state index in [1.807, 2.05) is 38.1 Å². The van der Waals surface area contributed by atoms with Crippen LogP contribution in [-0.2, 0) is 4.79 Å². The Hall–Kier alpha value is -1.26. The Labute approximate surface area is 157 Å². The van der Waals surface area contributed by atoms with Crippen LogP contribution in [0.2, 0.25) is 0 Å². The number of benzene rings is 1. The van der Waals surface area contributed by atoms with Crippen molar-refractivity contribution in [3.63, 3.8) is 0 Å². The van der Waals surface area contributed by atoms with Crippen LogP contribution in [0.3, 0.4) is 0 Å². The minimum absolute atomic E-state index is 0. The fraction of sp³-hybridized carbons (Fsp3) is 0.650. The summed E-state index contributed by atoms with van der Waals surface area (Å²) in [6.45, 7) is 4.64. The molecule has 0 heterocycles. The van der Waals surface area contributed by atoms with Gasteiger partial charge in [0.25, 0.3) is 0 Å². The first-order chi connectivity index (χ1) is 11.6. The topological polar surface area (TPSA) is 64.3 Å². The second-order valence-corrected chi connectivity index (χ2v) is 7.40. The molecule has 3 unspecified atom stereocenters. The quantitative estimate of drug-likeness (QED) is 0.832. The number of nitrogens with two attached hydrogens (primary N) is 1. The SMILES string of the molecule is CCOc1ccccc1C(C)NC(=O)C1CC2CCCC(C1)C2N.Cl. The van der Waals surface area contributed by atoms with Crippen molar-refractivity contribution in [2.45, 2.75) is 58.0 Å². The lowest BCUT2D eigenvalue weighted by atomic mass is 9.65. The lowest BCUT2D eigenvalue weighted by molar-refractivity contribution is -0.128. The molecule has 0 saturated heterocycles. The summed E-state index contributed by atoms with van der Waals surface area (Å²) in [5.74, 6) is 2.20. The number of ether oxygens (including phenoxy) is 1. The first kappa shape index (κ1) is 20.1. The van der Waals surface area contributed by atoms with Crippen LogP contribution in [0, 0.1) is 17.8 Å². The molecule has 0 spiro atoms. The second kappa shape index (κ2) is 8.91. The van der Waals surface area contributed by atoms with Gasteiger partial charge in [-0.3, -0.25) is 4.79 Å². The normalized spacial score (nSPS) is 29.2. The van der Waals surface area contributed by atoms with Crippen LogP contribution in [0.1, 0.15) is 57.6 Å². The molecule has 2 fully saturated rings. The zero-order valence-electron chi connectivity index (χ0n) is 15.2. The maximum Gasteiger partial charge on any atom is 0.223 e. The van der Waals surface area contributed by atoms with Gasteiger partial charge in [-0.05, 0) is 57.4 Å². The van der Waals surface area contributed by atoms with Crippen molar-refractivity contribution in [3.05, 3.63) is 29.8 Å². The van der Waals surface area contributed by atoms with E-state index in [0.29, 0.717) is 24.5 Å². The molecule has 2 aliphatic carbocycles. The first-order valence-electron chi connectivity index (χ1n) is 9.37. The van der Waals surface area contributed by atoms with Crippen LogP contribution in [0.25, 0.3) is 0 Å². The molecule has 1 aromatic carbocycles. The fourth-order valence-corrected chi connectivity index (χ4v) is 4.54. The standard InChI is InChI=1S/C20H30N2O2.ClH/c1-3-24-18-10-5-4-9-17(18)13(2)22-20(23)16-11-14-7-6-8-15(12-16)19(14)21;/h4-5,9-10,13-16,19H,3,6-8,11-12,21H2,1-2H3,(H,22,23);1H. The Kier molecular flexibility index (Phi) is 7.14. The monoisotopic (exact) mass is 366 g/mol. The summed E-state index contributed by atoms with van der Waals surface area (Å²) in [5, 5.41) is 3.21. The van der Waals surface area contributed by atoms with E-state index in [4.69, 9.17) is 10.5 Å². The molecule has 2 bridgehead atoms. The molecule has 0 aliphatic heterocycles. The van der Waals surface area contributed by atoms with Gasteiger partial charge in [-0.15, -0.1) is 12.4 Å². The number of para-hydroxylation sites is 1. The Morgan fingerprint density at radius 2 is 1.92 bits per heavy atom. The predicted octanol–water partition coefficient (Wildman–Crippen LogP) is 3.84. The number of nitrogens with one attached hydrogen (secondary N) is 1. The molecular formula is C20H31ClN2O2. The lowest BCUT2D eigenvalue weighted by Crippen LogP contribution is -2.49. The molecule has 3 rings (SSSR count). The number of halogens is 1. The summed E-state index contributed by atoms with van der Waals surface area (Å²) in [6, 6.07) is 8.21. The minimum Gasteiger partial charge on any atom is -0.494 e. The molecule has 2 aliphatic rings. The van der Waals surface area contributed by atoms with E-state index in [-0.39, 0.29) is 30.3 Å². The number of carbonyl (C=O) groups excluding carboxylic acids is 1. The van der Waals surface area contributed by atoms with Crippen LogP contribution in [-0.4, -0.2) is 18.6 Å². The molecule has 3 atom stereocenters. The zero-order valence-corrected chi connectivity index (χ0v) is 16.1. The molecule has 4 nitrogen and oxygen atoms in total. The van der Waals surface area contributed by atoms with E-state index in [1.54, 1.807) is 0 Å². The Morgan fingerprint density at radius 3 is 2.56 bits per heavy atom. The number of carbonyl (C=O) groups is 1. The van der Waals surface area contributed by atoms with Crippen molar-refractivity contribution in [2.24, 2.45) is 23.5 Å². The predicted molar refractivity (Wildman–Crippen MR) is 103 cm³/mol. The highest BCUT2D eigenvalue weighted by atomic mass is 35.5. The van der Waals surface area contributed by atoms with Gasteiger partial charge in [0, 0.05) is 17.5 Å². The maximum absolute atomic E-state index is 12.8. The van der Waals surface area contributed by atoms with Gasteiger partial charge in [0.1, 0.15) is 5.75 Å². The van der Waals surface area contributed by atoms with Gasteiger partial charge >= 0.3 is 0 Å². The summed E-state index contributed by atoms with van der Waals surface area (Å²) >= 11 is 0. The molecule has 25 heavy (non-hydrogen) atoms. The molecule has 140 valence electrons. The molecule has 2 saturated carbocycles. The highest BCUT2D eigenvalue weighted by Crippen LogP contribution is 2.42. The van der Waals surface area contributed by atoms with Crippen molar-refractivity contribution in [1.29, 1.82) is 0 Å². The van der Waals surface area contributed by atoms with Gasteiger partial charge in [-0.1, -0.05) is 24.6 Å². The van der Waals surface area contributed by atoms with E-state index < -0.39 is 0 Å². The van der Waals surface area contributed by atoms with Crippen molar-refractivity contribution in [3.8, 4) is 5.75 Å². The largest absolute Gasteiger partial charge is 0.494 e. The molecule has 0 aromatic heterocycles. The van der Waals surface area contributed by atoms with E-state index in [0.717, 1.165) is 24.2 Å². The van der Waals surface area contributed by atoms with Gasteiger partial charge in [-0.25, -0.2) is 0 Å². The number of amides is 1. The van der Waals surface area contributed by atoms with E-state index >= 15 is 0 Å². The third-order valence-corrected chi connectivity index (χ3v) is 5.83. The van der Waals surface area contributed by atoms with Crippen LogP contribution < -0.4 is 15.8 Å². The highest BCUT2D eigenvalue weighted by Gasteiger charge is 2.40. The lowest BCUT2D eigenvalue weighted by Gasteiger charge is -2.43. The minimum atomic E-state index is -0.0457. The molecule has 3 N–H and O–H groups in total. The average molecular weight is 367 g/mol. The number of hydrogen-bond acceptors (Lipinski definition) is 3. The summed E-state index contributed by atoms with van der Waals surface area (Å²) in [7, 11) is 0. The molecule has 1 amide bonds. The van der Waals surface area contributed by atoms with Gasteiger partial charge < -0.3 is 15.8 Å². The zero-order chi connectivity index (χ0) is 17.1. The highest BCUT2D eigenvalue weighted by molar-refractivity contribution is 5.85. The number of fused-ring (bicyclic) bond motifs is 2. The molecule has 0 radical (unpaired) electrons. The number of rotatable bonds is 5. The third kappa shape index (κ3) is 4.48. The summed E-state index contributed by atoms with van der Waals surface area (Å²) < 4.78 is 5.69. The number of hydrogen-bond donors (Lipinski definition) is 2. The van der Waals surface area contributed by atoms with Crippen molar-refractivity contribution in [2.75, 3.05) is 6.61 Å². The van der Waals surface area contributed by atoms with E-state index in [1.165, 1.54) is 19.3 Å². The van der Waals surface area contributed by atoms with Crippen molar-refractivity contribution in [1.82, 2.24) is 5.32 Å². The van der Waals surface area contributed by atoms with E-state index in [9.17, 15) is 4.79 Å². The van der Waals surface area contributed by atoms with Crippen LogP contribution >= 0.6 is 12.4 Å². The molecular weight excluding hydrogens is 336 g/mol. The van der Waals surface area contributed by atoms with Crippen molar-refractivity contribution < 1.29 is 9.53 Å². The van der Waals surface area contributed by atoms with Crippen LogP contribution in [0.4, 0.5) is 0 Å². The van der Waals surface area contributed by atoms with Gasteiger partial charge in [-0.2, -0.15) is 0 Å². The summed E-state index contributed by atoms with van der Waals surface area (Å²) in [4.78, 5) is 12.8. The summed E-state index contributed by atoms with van der Waals surface area (Å²) in [5.41, 5.74) is 7.39. The Bertz CT molecular complexity index is 567. The van der Waals surface area contributed by atoms with Crippen LogP contribution in [0.15, 0.2) is 24.3 Å². The van der Waals surface area contributed by atoms with Gasteiger partial charge in [0.15, 0.2) is 0 Å². The van der Waals surface area contributed by atoms with Crippen molar-refractivity contribution >= 4 is 18.3 Å². The van der Waals surface area contributed by atoms with E-state index in [2.05, 4.69) is 5.32 Å². The van der Waals surface area contributed by atoms with Gasteiger partial charge in [0.2, 0.25) is 5.91 Å². The first-order valence-corrected chi connectivity index (χ1v) is 9.37. The Balaban J connectivity index is 0.00000225. The molecule has 5 heteroatoms. The fourth-order valence-electron chi connectivity index (χ4n) is 4.54. The Morgan fingerprint density at radius 1 is 1.28 bits per heavy atom. The molecule has 1 aromatic rings. The maximum atomic E-state index is 12.8. The van der Waals surface area contributed by atoms with Crippen LogP contribution in [0.5, 0.6) is 5.75 Å². The summed E-state index contributed by atoms with van der Waals surface area (Å²) in [6.07, 6.45) is 5.54. The second-order valence-electron chi connectivity index (χ2n) is 7.40. The smallest absolute Gasteiger partial charge is 0.223 e.